The van der Waals surface area contributed by atoms with Crippen LogP contribution in [-0.4, -0.2) is 43.3 Å². The molecule has 0 unspecified atom stereocenters. The first kappa shape index (κ1) is 28.8. The van der Waals surface area contributed by atoms with Gasteiger partial charge < -0.3 is 29.2 Å². The van der Waals surface area contributed by atoms with Crippen LogP contribution in [0.4, 0.5) is 0 Å². The van der Waals surface area contributed by atoms with Crippen molar-refractivity contribution in [2.75, 3.05) is 20.5 Å². The third kappa shape index (κ3) is 7.33. The smallest absolute Gasteiger partial charge is 0.261 e. The number of ether oxygens (including phenoxy) is 4. The molecule has 0 radical (unpaired) electrons. The van der Waals surface area contributed by atoms with Gasteiger partial charge in [-0.25, -0.2) is 0 Å². The van der Waals surface area contributed by atoms with Gasteiger partial charge in [-0.2, -0.15) is 0 Å². The van der Waals surface area contributed by atoms with E-state index >= 15 is 0 Å². The van der Waals surface area contributed by atoms with E-state index in [0.717, 1.165) is 16.7 Å². The summed E-state index contributed by atoms with van der Waals surface area (Å²) in [6.07, 6.45) is 0.307. The standard InChI is InChI=1S/C33H31ClN2O6/c1-39-26-14-11-24(12-15-26)20-36(32(37)21-40-29-10-6-5-9-27(29)34)28(17-23-7-3-2-4-8-23)33(38)35-19-25-13-16-30-31(18-25)42-22-41-30/h2-16,18,28H,17,19-22H2,1H3,(H,35,38)/t28-/m0/s1. The predicted octanol–water partition coefficient (Wildman–Crippen LogP) is 5.41. The Balaban J connectivity index is 1.40. The Bertz CT molecular complexity index is 1510. The van der Waals surface area contributed by atoms with Crippen LogP contribution in [0.2, 0.25) is 5.02 Å². The van der Waals surface area contributed by atoms with Crippen LogP contribution in [0.15, 0.2) is 97.1 Å². The Kier molecular flexibility index (Phi) is 9.46. The number of halogens is 1. The topological polar surface area (TPSA) is 86.3 Å². The van der Waals surface area contributed by atoms with Gasteiger partial charge in [-0.05, 0) is 53.1 Å². The number of nitrogens with zero attached hydrogens (tertiary/aromatic N) is 1. The maximum atomic E-state index is 13.9. The number of para-hydroxylation sites is 1. The molecule has 1 N–H and O–H groups in total. The molecule has 0 bridgehead atoms. The van der Waals surface area contributed by atoms with Gasteiger partial charge in [0, 0.05) is 19.5 Å². The maximum Gasteiger partial charge on any atom is 0.261 e. The van der Waals surface area contributed by atoms with Crippen LogP contribution in [0.3, 0.4) is 0 Å². The van der Waals surface area contributed by atoms with Crippen molar-refractivity contribution in [2.24, 2.45) is 0 Å². The van der Waals surface area contributed by atoms with Gasteiger partial charge in [0.15, 0.2) is 18.1 Å². The summed E-state index contributed by atoms with van der Waals surface area (Å²) >= 11 is 6.26. The van der Waals surface area contributed by atoms with Crippen molar-refractivity contribution in [3.63, 3.8) is 0 Å². The fourth-order valence-corrected chi connectivity index (χ4v) is 4.81. The summed E-state index contributed by atoms with van der Waals surface area (Å²) in [7, 11) is 1.59. The molecule has 1 aliphatic heterocycles. The molecule has 1 aliphatic rings. The molecule has 0 fully saturated rings. The molecular formula is C33H31ClN2O6. The lowest BCUT2D eigenvalue weighted by atomic mass is 10.0. The first-order valence-corrected chi connectivity index (χ1v) is 13.9. The molecule has 1 heterocycles. The molecule has 0 saturated carbocycles. The van der Waals surface area contributed by atoms with Crippen LogP contribution in [0.25, 0.3) is 0 Å². The molecule has 216 valence electrons. The molecule has 0 spiro atoms. The zero-order valence-electron chi connectivity index (χ0n) is 23.1. The summed E-state index contributed by atoms with van der Waals surface area (Å²) in [6, 6.07) is 28.7. The van der Waals surface area contributed by atoms with E-state index < -0.39 is 6.04 Å². The fourth-order valence-electron chi connectivity index (χ4n) is 4.62. The van der Waals surface area contributed by atoms with E-state index in [9.17, 15) is 9.59 Å². The number of methoxy groups -OCH3 is 1. The van der Waals surface area contributed by atoms with Crippen molar-refractivity contribution < 1.29 is 28.5 Å². The van der Waals surface area contributed by atoms with Crippen molar-refractivity contribution in [3.8, 4) is 23.0 Å². The quantitative estimate of drug-likeness (QED) is 0.239. The van der Waals surface area contributed by atoms with Crippen LogP contribution in [-0.2, 0) is 29.1 Å². The van der Waals surface area contributed by atoms with E-state index in [0.29, 0.717) is 34.4 Å². The molecule has 0 saturated heterocycles. The van der Waals surface area contributed by atoms with Gasteiger partial charge >= 0.3 is 0 Å². The molecule has 42 heavy (non-hydrogen) atoms. The van der Waals surface area contributed by atoms with Gasteiger partial charge in [0.05, 0.1) is 12.1 Å². The largest absolute Gasteiger partial charge is 0.497 e. The third-order valence-electron chi connectivity index (χ3n) is 6.87. The normalized spacial score (nSPS) is 12.3. The Morgan fingerprint density at radius 2 is 1.60 bits per heavy atom. The third-order valence-corrected chi connectivity index (χ3v) is 7.19. The second kappa shape index (κ2) is 13.8. The van der Waals surface area contributed by atoms with Crippen LogP contribution in [0, 0.1) is 0 Å². The number of carbonyl (C=O) groups excluding carboxylic acids is 2. The molecule has 4 aromatic rings. The van der Waals surface area contributed by atoms with Crippen molar-refractivity contribution in [1.82, 2.24) is 10.2 Å². The zero-order valence-corrected chi connectivity index (χ0v) is 23.9. The Morgan fingerprint density at radius 3 is 2.36 bits per heavy atom. The number of carbonyl (C=O) groups is 2. The van der Waals surface area contributed by atoms with E-state index in [2.05, 4.69) is 5.32 Å². The molecular weight excluding hydrogens is 556 g/mol. The highest BCUT2D eigenvalue weighted by atomic mass is 35.5. The Labute approximate surface area is 249 Å². The highest BCUT2D eigenvalue weighted by molar-refractivity contribution is 6.32. The number of rotatable bonds is 12. The maximum absolute atomic E-state index is 13.9. The van der Waals surface area contributed by atoms with Crippen molar-refractivity contribution in [3.05, 3.63) is 119 Å². The molecule has 9 heteroatoms. The lowest BCUT2D eigenvalue weighted by Gasteiger charge is -2.31. The van der Waals surface area contributed by atoms with E-state index in [4.69, 9.17) is 30.5 Å². The fraction of sp³-hybridized carbons (Fsp3) is 0.212. The second-order valence-corrected chi connectivity index (χ2v) is 10.1. The van der Waals surface area contributed by atoms with Gasteiger partial charge in [-0.1, -0.05) is 72.3 Å². The van der Waals surface area contributed by atoms with Crippen LogP contribution in [0.5, 0.6) is 23.0 Å². The Hall–Kier alpha value is -4.69. The second-order valence-electron chi connectivity index (χ2n) is 9.70. The number of hydrogen-bond acceptors (Lipinski definition) is 6. The van der Waals surface area contributed by atoms with E-state index in [-0.39, 0.29) is 38.3 Å². The van der Waals surface area contributed by atoms with Crippen molar-refractivity contribution >= 4 is 23.4 Å². The molecule has 2 amide bonds. The highest BCUT2D eigenvalue weighted by Gasteiger charge is 2.31. The lowest BCUT2D eigenvalue weighted by Crippen LogP contribution is -2.51. The van der Waals surface area contributed by atoms with Gasteiger partial charge in [0.1, 0.15) is 17.5 Å². The molecule has 0 aliphatic carbocycles. The zero-order chi connectivity index (χ0) is 29.3. The minimum Gasteiger partial charge on any atom is -0.497 e. The average Bonchev–Trinajstić information content (AvgIpc) is 3.50. The van der Waals surface area contributed by atoms with Crippen molar-refractivity contribution in [2.45, 2.75) is 25.6 Å². The highest BCUT2D eigenvalue weighted by Crippen LogP contribution is 2.32. The lowest BCUT2D eigenvalue weighted by molar-refractivity contribution is -0.142. The average molecular weight is 587 g/mol. The van der Waals surface area contributed by atoms with Crippen molar-refractivity contribution in [1.29, 1.82) is 0 Å². The monoisotopic (exact) mass is 586 g/mol. The SMILES string of the molecule is COc1ccc(CN(C(=O)COc2ccccc2Cl)[C@@H](Cc2ccccc2)C(=O)NCc2ccc3c(c2)OCO3)cc1. The van der Waals surface area contributed by atoms with Crippen LogP contribution < -0.4 is 24.3 Å². The predicted molar refractivity (Wildman–Crippen MR) is 159 cm³/mol. The number of amides is 2. The molecule has 0 aromatic heterocycles. The summed E-state index contributed by atoms with van der Waals surface area (Å²) in [4.78, 5) is 29.2. The first-order chi connectivity index (χ1) is 20.5. The first-order valence-electron chi connectivity index (χ1n) is 13.5. The van der Waals surface area contributed by atoms with Gasteiger partial charge in [-0.3, -0.25) is 9.59 Å². The van der Waals surface area contributed by atoms with E-state index in [1.165, 1.54) is 0 Å². The summed E-state index contributed by atoms with van der Waals surface area (Å²) in [6.45, 7) is 0.314. The van der Waals surface area contributed by atoms with Gasteiger partial charge in [0.25, 0.3) is 5.91 Å². The summed E-state index contributed by atoms with van der Waals surface area (Å²) in [5.41, 5.74) is 2.60. The minimum absolute atomic E-state index is 0.170. The van der Waals surface area contributed by atoms with Gasteiger partial charge in [-0.15, -0.1) is 0 Å². The van der Waals surface area contributed by atoms with E-state index in [1.807, 2.05) is 72.8 Å². The van der Waals surface area contributed by atoms with Crippen LogP contribution >= 0.6 is 11.6 Å². The van der Waals surface area contributed by atoms with E-state index in [1.54, 1.807) is 36.3 Å². The molecule has 4 aromatic carbocycles. The number of hydrogen-bond donors (Lipinski definition) is 1. The summed E-state index contributed by atoms with van der Waals surface area (Å²) in [5, 5.41) is 3.42. The Morgan fingerprint density at radius 1 is 0.881 bits per heavy atom. The van der Waals surface area contributed by atoms with Crippen LogP contribution in [0.1, 0.15) is 16.7 Å². The minimum atomic E-state index is -0.828. The molecule has 5 rings (SSSR count). The summed E-state index contributed by atoms with van der Waals surface area (Å²) < 4.78 is 22.0. The van der Waals surface area contributed by atoms with Gasteiger partial charge in [0.2, 0.25) is 12.7 Å². The molecule has 8 nitrogen and oxygen atoms in total. The molecule has 1 atom stereocenters. The summed E-state index contributed by atoms with van der Waals surface area (Å²) in [5.74, 6) is 1.74. The number of nitrogens with one attached hydrogen (secondary N) is 1. The number of benzene rings is 4. The number of fused-ring (bicyclic) bond motifs is 1.